The van der Waals surface area contributed by atoms with Crippen LogP contribution in [0.25, 0.3) is 17.1 Å². The number of imidazole rings is 1. The highest BCUT2D eigenvalue weighted by molar-refractivity contribution is 6.34. The summed E-state index contributed by atoms with van der Waals surface area (Å²) in [7, 11) is 1.35. The highest BCUT2D eigenvalue weighted by Crippen LogP contribution is 2.37. The number of pyridine rings is 1. The summed E-state index contributed by atoms with van der Waals surface area (Å²) in [4.78, 5) is 58.7. The first-order valence-electron chi connectivity index (χ1n) is 15.8. The molecule has 0 spiro atoms. The van der Waals surface area contributed by atoms with Gasteiger partial charge in [-0.05, 0) is 56.3 Å². The Morgan fingerprint density at radius 2 is 1.73 bits per heavy atom. The number of nitrogens with zero attached hydrogens (tertiary/aromatic N) is 7. The van der Waals surface area contributed by atoms with E-state index in [4.69, 9.17) is 27.2 Å². The molecule has 4 aromatic rings. The molecule has 0 unspecified atom stereocenters. The fourth-order valence-corrected chi connectivity index (χ4v) is 6.16. The van der Waals surface area contributed by atoms with Gasteiger partial charge in [-0.1, -0.05) is 11.6 Å². The van der Waals surface area contributed by atoms with Gasteiger partial charge in [0.25, 0.3) is 18.3 Å². The second kappa shape index (κ2) is 15.8. The molecule has 2 saturated heterocycles. The summed E-state index contributed by atoms with van der Waals surface area (Å²) < 4.78 is 57.8. The molecule has 276 valence electrons. The van der Waals surface area contributed by atoms with Crippen LogP contribution in [0, 0.1) is 11.9 Å². The number of amides is 3. The molecule has 6 rings (SSSR count). The summed E-state index contributed by atoms with van der Waals surface area (Å²) in [6.45, 7) is 2.94. The van der Waals surface area contributed by atoms with Crippen LogP contribution in [0.2, 0.25) is 5.02 Å². The zero-order chi connectivity index (χ0) is 37.7. The third-order valence-corrected chi connectivity index (χ3v) is 8.88. The summed E-state index contributed by atoms with van der Waals surface area (Å²) in [5.41, 5.74) is 3.74. The fourth-order valence-electron chi connectivity index (χ4n) is 5.90. The number of piperazine rings is 1. The van der Waals surface area contributed by atoms with Crippen molar-refractivity contribution in [3.63, 3.8) is 0 Å². The lowest BCUT2D eigenvalue weighted by atomic mass is 9.96. The third-order valence-electron chi connectivity index (χ3n) is 8.57. The molecule has 1 aromatic carbocycles. The number of alkyl halides is 3. The number of hydrogen-bond acceptors (Lipinski definition) is 9. The standard InChI is InChI=1S/C31H31ClF4N10O3.CH2O2/c1-43-23(20-16-46(42-25(20)31(34,35)36)24-5-4-22(37)26(33)41-24)15-39-27(43)28(47)40-18-2-3-19(21(32)14-18)30(49)45-12-10-44(11-13-45)29(48)17-6-8-38-9-7-17;2-1-3/h2-5,14-17,38H,6-13,37H2,1H3,(H,40,47);1H,(H,2,3). The van der Waals surface area contributed by atoms with E-state index in [0.717, 1.165) is 53.6 Å². The number of nitrogens with one attached hydrogen (secondary N) is 2. The molecule has 3 aromatic heterocycles. The van der Waals surface area contributed by atoms with Crippen LogP contribution in [0.1, 0.15) is 39.5 Å². The van der Waals surface area contributed by atoms with Gasteiger partial charge in [0.1, 0.15) is 0 Å². The van der Waals surface area contributed by atoms with E-state index < -0.39 is 29.3 Å². The predicted octanol–water partition coefficient (Wildman–Crippen LogP) is 3.30. The number of carboxylic acid groups (broad SMARTS) is 1. The molecular weight excluding hydrogens is 716 g/mol. The maximum atomic E-state index is 14.0. The minimum absolute atomic E-state index is 0.000533. The van der Waals surface area contributed by atoms with Gasteiger partial charge in [0.2, 0.25) is 11.9 Å². The highest BCUT2D eigenvalue weighted by atomic mass is 35.5. The van der Waals surface area contributed by atoms with Crippen molar-refractivity contribution in [2.24, 2.45) is 13.0 Å². The summed E-state index contributed by atoms with van der Waals surface area (Å²) in [5.74, 6) is -2.51. The van der Waals surface area contributed by atoms with Crippen LogP contribution in [0.15, 0.2) is 42.7 Å². The monoisotopic (exact) mass is 748 g/mol. The van der Waals surface area contributed by atoms with Crippen molar-refractivity contribution in [1.29, 1.82) is 0 Å². The number of carbonyl (C=O) groups is 4. The lowest BCUT2D eigenvalue weighted by Crippen LogP contribution is -2.52. The van der Waals surface area contributed by atoms with E-state index in [9.17, 15) is 31.9 Å². The molecule has 0 bridgehead atoms. The van der Waals surface area contributed by atoms with Crippen LogP contribution < -0.4 is 16.4 Å². The van der Waals surface area contributed by atoms with E-state index in [1.807, 2.05) is 0 Å². The van der Waals surface area contributed by atoms with E-state index in [1.165, 1.54) is 31.3 Å². The van der Waals surface area contributed by atoms with E-state index in [0.29, 0.717) is 26.2 Å². The number of carbonyl (C=O) groups excluding carboxylic acids is 3. The largest absolute Gasteiger partial charge is 0.483 e. The molecule has 5 heterocycles. The van der Waals surface area contributed by atoms with E-state index in [2.05, 4.69) is 25.7 Å². The Hall–Kier alpha value is -5.56. The molecule has 20 heteroatoms. The normalized spacial score (nSPS) is 15.1. The van der Waals surface area contributed by atoms with E-state index in [-0.39, 0.29) is 63.5 Å². The van der Waals surface area contributed by atoms with Crippen molar-refractivity contribution in [1.82, 2.24) is 39.4 Å². The first kappa shape index (κ1) is 37.7. The molecule has 3 amide bonds. The fraction of sp³-hybridized carbons (Fsp3) is 0.344. The molecule has 52 heavy (non-hydrogen) atoms. The molecule has 15 nitrogen and oxygen atoms in total. The minimum atomic E-state index is -4.91. The van der Waals surface area contributed by atoms with Gasteiger partial charge in [0, 0.05) is 51.0 Å². The van der Waals surface area contributed by atoms with Crippen molar-refractivity contribution in [2.75, 3.05) is 50.3 Å². The average molecular weight is 749 g/mol. The quantitative estimate of drug-likeness (QED) is 0.129. The van der Waals surface area contributed by atoms with Crippen molar-refractivity contribution in [2.45, 2.75) is 19.0 Å². The average Bonchev–Trinajstić information content (AvgIpc) is 3.74. The lowest BCUT2D eigenvalue weighted by molar-refractivity contribution is -0.141. The topological polar surface area (TPSA) is 194 Å². The Balaban J connectivity index is 0.00000168. The summed E-state index contributed by atoms with van der Waals surface area (Å²) in [6.07, 6.45) is -1.23. The number of piperidine rings is 1. The molecule has 0 aliphatic carbocycles. The number of halogens is 5. The summed E-state index contributed by atoms with van der Waals surface area (Å²) in [5, 5.41) is 16.4. The summed E-state index contributed by atoms with van der Waals surface area (Å²) >= 11 is 6.46. The lowest BCUT2D eigenvalue weighted by Gasteiger charge is -2.37. The van der Waals surface area contributed by atoms with E-state index >= 15 is 0 Å². The van der Waals surface area contributed by atoms with Gasteiger partial charge < -0.3 is 35.8 Å². The number of nitrogens with two attached hydrogens (primary N) is 1. The molecule has 0 saturated carbocycles. The van der Waals surface area contributed by atoms with Crippen LogP contribution in [-0.2, 0) is 22.8 Å². The van der Waals surface area contributed by atoms with E-state index in [1.54, 1.807) is 9.80 Å². The van der Waals surface area contributed by atoms with Gasteiger partial charge >= 0.3 is 6.18 Å². The molecule has 2 fully saturated rings. The van der Waals surface area contributed by atoms with Crippen molar-refractivity contribution >= 4 is 47.2 Å². The van der Waals surface area contributed by atoms with Gasteiger partial charge in [-0.2, -0.15) is 27.6 Å². The van der Waals surface area contributed by atoms with Crippen LogP contribution >= 0.6 is 11.6 Å². The number of rotatable bonds is 6. The number of nitrogen functional groups attached to an aromatic ring is 1. The molecule has 0 atom stereocenters. The van der Waals surface area contributed by atoms with Gasteiger partial charge in [0.05, 0.1) is 33.7 Å². The number of hydrogen-bond donors (Lipinski definition) is 4. The Bertz CT molecular complexity index is 1970. The molecule has 2 aliphatic rings. The molecule has 2 aliphatic heterocycles. The van der Waals surface area contributed by atoms with Gasteiger partial charge in [0.15, 0.2) is 17.3 Å². The van der Waals surface area contributed by atoms with Crippen molar-refractivity contribution in [3.8, 4) is 17.1 Å². The maximum Gasteiger partial charge on any atom is 0.435 e. The smallest absolute Gasteiger partial charge is 0.435 e. The highest BCUT2D eigenvalue weighted by Gasteiger charge is 2.39. The first-order valence-corrected chi connectivity index (χ1v) is 16.2. The van der Waals surface area contributed by atoms with Crippen LogP contribution in [0.5, 0.6) is 0 Å². The maximum absolute atomic E-state index is 14.0. The predicted molar refractivity (Wildman–Crippen MR) is 179 cm³/mol. The second-order valence-electron chi connectivity index (χ2n) is 11.8. The second-order valence-corrected chi connectivity index (χ2v) is 12.2. The first-order chi connectivity index (χ1) is 24.7. The molecular formula is C32H33ClF4N10O5. The Morgan fingerprint density at radius 3 is 2.35 bits per heavy atom. The number of aromatic nitrogens is 5. The van der Waals surface area contributed by atoms with Gasteiger partial charge in [-0.3, -0.25) is 19.2 Å². The number of anilines is 2. The van der Waals surface area contributed by atoms with Gasteiger partial charge in [-0.15, -0.1) is 0 Å². The molecule has 0 radical (unpaired) electrons. The molecule has 5 N–H and O–H groups in total. The minimum Gasteiger partial charge on any atom is -0.483 e. The zero-order valence-corrected chi connectivity index (χ0v) is 28.3. The van der Waals surface area contributed by atoms with Crippen LogP contribution in [-0.4, -0.2) is 103 Å². The third kappa shape index (κ3) is 8.15. The van der Waals surface area contributed by atoms with Gasteiger partial charge in [-0.25, -0.2) is 9.67 Å². The Morgan fingerprint density at radius 1 is 1.08 bits per heavy atom. The van der Waals surface area contributed by atoms with Crippen LogP contribution in [0.3, 0.4) is 0 Å². The van der Waals surface area contributed by atoms with Crippen molar-refractivity contribution in [3.05, 3.63) is 70.8 Å². The SMILES string of the molecule is Cn1c(-c2cn(-c3ccc(N)c(F)n3)nc2C(F)(F)F)cnc1C(=O)Nc1ccc(C(=O)N2CCN(C(=O)C3CCNCC3)CC2)c(Cl)c1.O=CO. The van der Waals surface area contributed by atoms with Crippen molar-refractivity contribution < 1.29 is 41.8 Å². The summed E-state index contributed by atoms with van der Waals surface area (Å²) in [6, 6.07) is 6.68. The number of benzene rings is 1. The van der Waals surface area contributed by atoms with Crippen LogP contribution in [0.4, 0.5) is 28.9 Å². The Kier molecular flexibility index (Phi) is 11.4. The Labute approximate surface area is 298 Å². The zero-order valence-electron chi connectivity index (χ0n) is 27.5.